The fraction of sp³-hybridized carbons (Fsp3) is 0.375. The fourth-order valence-electron chi connectivity index (χ4n) is 2.33. The van der Waals surface area contributed by atoms with E-state index in [1.165, 1.54) is 11.5 Å². The minimum Gasteiger partial charge on any atom is -0.480 e. The summed E-state index contributed by atoms with van der Waals surface area (Å²) in [5.41, 5.74) is 0.373. The number of hydrogen-bond donors (Lipinski definition) is 0. The Labute approximate surface area is 143 Å². The van der Waals surface area contributed by atoms with E-state index in [2.05, 4.69) is 20.3 Å². The third kappa shape index (κ3) is 3.50. The molecule has 0 aliphatic rings. The van der Waals surface area contributed by atoms with E-state index < -0.39 is 5.41 Å². The molecule has 0 unspecified atom stereocenters. The quantitative estimate of drug-likeness (QED) is 0.788. The van der Waals surface area contributed by atoms with Crippen LogP contribution in [0, 0.1) is 0 Å². The summed E-state index contributed by atoms with van der Waals surface area (Å²) in [7, 11) is 3.40. The molecule has 2 aromatic rings. The lowest BCUT2D eigenvalue weighted by atomic mass is 9.83. The first-order valence-electron chi connectivity index (χ1n) is 6.86. The average molecular weight is 383 g/mol. The highest BCUT2D eigenvalue weighted by Crippen LogP contribution is 2.32. The van der Waals surface area contributed by atoms with Crippen LogP contribution in [-0.4, -0.2) is 29.3 Å². The molecule has 0 aliphatic carbocycles. The zero-order valence-corrected chi connectivity index (χ0v) is 15.5. The molecule has 4 nitrogen and oxygen atoms in total. The van der Waals surface area contributed by atoms with Gasteiger partial charge in [-0.15, -0.1) is 0 Å². The minimum absolute atomic E-state index is 0.0618. The number of amides is 1. The number of carbonyl (C=O) groups is 1. The molecule has 0 saturated heterocycles. The van der Waals surface area contributed by atoms with Gasteiger partial charge in [-0.2, -0.15) is 4.37 Å². The van der Waals surface area contributed by atoms with Crippen LogP contribution >= 0.6 is 27.5 Å². The van der Waals surface area contributed by atoms with Crippen LogP contribution in [0.1, 0.15) is 24.3 Å². The van der Waals surface area contributed by atoms with Crippen molar-refractivity contribution in [2.24, 2.45) is 0 Å². The first-order valence-corrected chi connectivity index (χ1v) is 8.43. The lowest BCUT2D eigenvalue weighted by molar-refractivity contribution is -0.135. The summed E-state index contributed by atoms with van der Waals surface area (Å²) in [6, 6.07) is 9.69. The van der Waals surface area contributed by atoms with Gasteiger partial charge in [0.05, 0.1) is 19.1 Å². The topological polar surface area (TPSA) is 42.4 Å². The van der Waals surface area contributed by atoms with Gasteiger partial charge < -0.3 is 9.64 Å². The fourth-order valence-corrected chi connectivity index (χ4v) is 3.85. The summed E-state index contributed by atoms with van der Waals surface area (Å²) >= 11 is 4.89. The zero-order chi connectivity index (χ0) is 16.3. The van der Waals surface area contributed by atoms with E-state index in [-0.39, 0.29) is 5.91 Å². The Balaban J connectivity index is 2.17. The first kappa shape index (κ1) is 17.0. The van der Waals surface area contributed by atoms with Crippen LogP contribution in [0.3, 0.4) is 0 Å². The van der Waals surface area contributed by atoms with Gasteiger partial charge >= 0.3 is 0 Å². The average Bonchev–Trinajstić information content (AvgIpc) is 2.94. The van der Waals surface area contributed by atoms with Crippen LogP contribution in [0.15, 0.2) is 34.8 Å². The normalized spacial score (nSPS) is 11.3. The molecule has 0 aliphatic heterocycles. The summed E-state index contributed by atoms with van der Waals surface area (Å²) in [5.74, 6) is 0.651. The number of rotatable bonds is 5. The van der Waals surface area contributed by atoms with Crippen LogP contribution in [0.4, 0.5) is 0 Å². The lowest BCUT2D eigenvalue weighted by Gasteiger charge is -2.30. The standard InChI is InChI=1S/C16H19BrN2O2S/c1-16(2,12-7-5-6-8-13(12)17)15(20)19(3)10-11-9-14(21-4)18-22-11/h5-9H,10H2,1-4H3. The summed E-state index contributed by atoms with van der Waals surface area (Å²) < 4.78 is 10.2. The van der Waals surface area contributed by atoms with Crippen molar-refractivity contribution in [2.75, 3.05) is 14.2 Å². The smallest absolute Gasteiger partial charge is 0.232 e. The van der Waals surface area contributed by atoms with Gasteiger partial charge in [0.15, 0.2) is 0 Å². The number of likely N-dealkylation sites (N-methyl/N-ethyl adjacent to an activating group) is 1. The maximum absolute atomic E-state index is 12.9. The summed E-state index contributed by atoms with van der Waals surface area (Å²) in [6.07, 6.45) is 0. The third-order valence-corrected chi connectivity index (χ3v) is 5.01. The Morgan fingerprint density at radius 3 is 2.68 bits per heavy atom. The second kappa shape index (κ2) is 6.79. The Hall–Kier alpha value is -1.40. The number of carbonyl (C=O) groups excluding carboxylic acids is 1. The molecule has 0 radical (unpaired) electrons. The Morgan fingerprint density at radius 1 is 1.41 bits per heavy atom. The third-order valence-electron chi connectivity index (χ3n) is 3.57. The van der Waals surface area contributed by atoms with Crippen LogP contribution in [0.2, 0.25) is 0 Å². The molecular formula is C16H19BrN2O2S. The molecule has 0 spiro atoms. The van der Waals surface area contributed by atoms with Gasteiger partial charge in [0.1, 0.15) is 0 Å². The van der Waals surface area contributed by atoms with E-state index in [0.717, 1.165) is 14.9 Å². The van der Waals surface area contributed by atoms with Gasteiger partial charge in [0.2, 0.25) is 11.8 Å². The molecule has 1 aromatic heterocycles. The van der Waals surface area contributed by atoms with Crippen molar-refractivity contribution in [3.63, 3.8) is 0 Å². The molecule has 0 N–H and O–H groups in total. The monoisotopic (exact) mass is 382 g/mol. The predicted molar refractivity (Wildman–Crippen MR) is 92.3 cm³/mol. The first-order chi connectivity index (χ1) is 10.4. The molecule has 22 heavy (non-hydrogen) atoms. The molecule has 6 heteroatoms. The van der Waals surface area contributed by atoms with Crippen molar-refractivity contribution in [1.82, 2.24) is 9.27 Å². The molecule has 1 amide bonds. The molecule has 0 bridgehead atoms. The zero-order valence-electron chi connectivity index (χ0n) is 13.1. The minimum atomic E-state index is -0.608. The van der Waals surface area contributed by atoms with Crippen LogP contribution in [-0.2, 0) is 16.8 Å². The highest BCUT2D eigenvalue weighted by atomic mass is 79.9. The van der Waals surface area contributed by atoms with E-state index >= 15 is 0 Å². The number of ether oxygens (including phenoxy) is 1. The number of hydrogen-bond acceptors (Lipinski definition) is 4. The lowest BCUT2D eigenvalue weighted by Crippen LogP contribution is -2.41. The SMILES string of the molecule is COc1cc(CN(C)C(=O)C(C)(C)c2ccccc2Br)sn1. The van der Waals surface area contributed by atoms with E-state index in [4.69, 9.17) is 4.74 Å². The van der Waals surface area contributed by atoms with Crippen LogP contribution in [0.25, 0.3) is 0 Å². The molecule has 0 atom stereocenters. The number of nitrogens with zero attached hydrogens (tertiary/aromatic N) is 2. The second-order valence-electron chi connectivity index (χ2n) is 5.60. The highest BCUT2D eigenvalue weighted by Gasteiger charge is 2.34. The Kier molecular flexibility index (Phi) is 5.24. The second-order valence-corrected chi connectivity index (χ2v) is 7.35. The van der Waals surface area contributed by atoms with Crippen LogP contribution in [0.5, 0.6) is 5.88 Å². The largest absolute Gasteiger partial charge is 0.480 e. The van der Waals surface area contributed by atoms with E-state index in [0.29, 0.717) is 12.4 Å². The molecule has 1 aromatic carbocycles. The Morgan fingerprint density at radius 2 is 2.09 bits per heavy atom. The summed E-state index contributed by atoms with van der Waals surface area (Å²) in [5, 5.41) is 0. The van der Waals surface area contributed by atoms with E-state index in [9.17, 15) is 4.79 Å². The van der Waals surface area contributed by atoms with Crippen molar-refractivity contribution >= 4 is 33.4 Å². The van der Waals surface area contributed by atoms with Crippen molar-refractivity contribution in [1.29, 1.82) is 0 Å². The highest BCUT2D eigenvalue weighted by molar-refractivity contribution is 9.10. The molecule has 1 heterocycles. The molecule has 118 valence electrons. The predicted octanol–water partition coefficient (Wildman–Crippen LogP) is 3.85. The van der Waals surface area contributed by atoms with Crippen molar-refractivity contribution in [3.05, 3.63) is 45.2 Å². The molecular weight excluding hydrogens is 364 g/mol. The molecule has 0 saturated carbocycles. The van der Waals surface area contributed by atoms with E-state index in [1.807, 2.05) is 51.2 Å². The number of aromatic nitrogens is 1. The maximum atomic E-state index is 12.9. The van der Waals surface area contributed by atoms with Gasteiger partial charge in [0, 0.05) is 22.5 Å². The van der Waals surface area contributed by atoms with Gasteiger partial charge in [-0.05, 0) is 37.0 Å². The van der Waals surface area contributed by atoms with Crippen LogP contribution < -0.4 is 4.74 Å². The number of halogens is 1. The van der Waals surface area contributed by atoms with Crippen molar-refractivity contribution < 1.29 is 9.53 Å². The summed E-state index contributed by atoms with van der Waals surface area (Å²) in [6.45, 7) is 4.41. The summed E-state index contributed by atoms with van der Waals surface area (Å²) in [4.78, 5) is 15.6. The van der Waals surface area contributed by atoms with E-state index in [1.54, 1.807) is 12.0 Å². The van der Waals surface area contributed by atoms with Gasteiger partial charge in [-0.1, -0.05) is 34.1 Å². The maximum Gasteiger partial charge on any atom is 0.232 e. The van der Waals surface area contributed by atoms with Gasteiger partial charge in [-0.25, -0.2) is 0 Å². The number of benzene rings is 1. The van der Waals surface area contributed by atoms with Crippen molar-refractivity contribution in [2.45, 2.75) is 25.8 Å². The van der Waals surface area contributed by atoms with Gasteiger partial charge in [0.25, 0.3) is 0 Å². The van der Waals surface area contributed by atoms with Gasteiger partial charge in [-0.3, -0.25) is 4.79 Å². The Bertz CT molecular complexity index is 670. The van der Waals surface area contributed by atoms with Crippen molar-refractivity contribution in [3.8, 4) is 5.88 Å². The number of methoxy groups -OCH3 is 1. The molecule has 0 fully saturated rings. The molecule has 2 rings (SSSR count).